The second-order valence-corrected chi connectivity index (χ2v) is 2.32. The summed E-state index contributed by atoms with van der Waals surface area (Å²) >= 11 is 0. The van der Waals surface area contributed by atoms with Crippen molar-refractivity contribution in [2.75, 3.05) is 0 Å². The first-order valence-electron chi connectivity index (χ1n) is 3.95. The molecular weight excluding hydrogens is 152 g/mol. The molecule has 0 saturated heterocycles. The summed E-state index contributed by atoms with van der Waals surface area (Å²) < 4.78 is 4.52. The number of carbonyl (C=O) groups is 1. The van der Waals surface area contributed by atoms with Gasteiger partial charge in [0, 0.05) is 6.92 Å². The van der Waals surface area contributed by atoms with Crippen LogP contribution in [0.25, 0.3) is 0 Å². The van der Waals surface area contributed by atoms with Crippen LogP contribution in [-0.2, 0) is 9.53 Å². The normalized spacial score (nSPS) is 8.08. The van der Waals surface area contributed by atoms with Gasteiger partial charge in [0.15, 0.2) is 0 Å². The van der Waals surface area contributed by atoms with E-state index in [1.165, 1.54) is 13.2 Å². The molecule has 0 atom stereocenters. The summed E-state index contributed by atoms with van der Waals surface area (Å²) in [6, 6.07) is 0. The van der Waals surface area contributed by atoms with Crippen molar-refractivity contribution in [3.8, 4) is 0 Å². The number of unbranched alkanes of at least 4 members (excludes halogenated alkanes) is 2. The van der Waals surface area contributed by atoms with E-state index >= 15 is 0 Å². The molecule has 0 amide bonds. The number of ether oxygens (including phenoxy) is 1. The minimum atomic E-state index is -0.318. The van der Waals surface area contributed by atoms with E-state index in [0.717, 1.165) is 19.3 Å². The van der Waals surface area contributed by atoms with E-state index in [-0.39, 0.29) is 5.97 Å². The molecule has 2 heteroatoms. The Balaban J connectivity index is 3.40. The van der Waals surface area contributed by atoms with Crippen molar-refractivity contribution < 1.29 is 9.53 Å². The molecule has 0 saturated carbocycles. The highest BCUT2D eigenvalue weighted by Crippen LogP contribution is 1.95. The monoisotopic (exact) mass is 166 g/mol. The van der Waals surface area contributed by atoms with Gasteiger partial charge in [0.25, 0.3) is 0 Å². The molecule has 0 aromatic rings. The largest absolute Gasteiger partial charge is 0.426 e. The third-order valence-electron chi connectivity index (χ3n) is 1.17. The first-order chi connectivity index (χ1) is 5.77. The molecule has 0 fully saturated rings. The second kappa shape index (κ2) is 7.83. The van der Waals surface area contributed by atoms with Gasteiger partial charge in [-0.15, -0.1) is 6.58 Å². The molecule has 0 bridgehead atoms. The Morgan fingerprint density at radius 2 is 2.33 bits per heavy atom. The fourth-order valence-electron chi connectivity index (χ4n) is 0.613. The molecule has 2 nitrogen and oxygen atoms in total. The topological polar surface area (TPSA) is 26.3 Å². The van der Waals surface area contributed by atoms with E-state index in [4.69, 9.17) is 0 Å². The van der Waals surface area contributed by atoms with E-state index in [2.05, 4.69) is 17.0 Å². The van der Waals surface area contributed by atoms with Gasteiger partial charge in [0.2, 0.25) is 0 Å². The number of carbonyl (C=O) groups excluding carboxylic acids is 1. The van der Waals surface area contributed by atoms with E-state index < -0.39 is 0 Å². The lowest BCUT2D eigenvalue weighted by atomic mass is 10.2. The zero-order valence-electron chi connectivity index (χ0n) is 7.38. The van der Waals surface area contributed by atoms with E-state index in [1.807, 2.05) is 12.2 Å². The van der Waals surface area contributed by atoms with Gasteiger partial charge in [-0.25, -0.2) is 0 Å². The summed E-state index contributed by atoms with van der Waals surface area (Å²) in [5, 5.41) is 0. The molecule has 0 heterocycles. The van der Waals surface area contributed by atoms with Crippen molar-refractivity contribution in [1.82, 2.24) is 0 Å². The van der Waals surface area contributed by atoms with Gasteiger partial charge in [0.05, 0.1) is 0 Å². The molecular formula is C10H14O2. The van der Waals surface area contributed by atoms with Crippen LogP contribution < -0.4 is 0 Å². The molecule has 0 unspecified atom stereocenters. The van der Waals surface area contributed by atoms with Crippen LogP contribution in [0.4, 0.5) is 0 Å². The number of hydrogen-bond donors (Lipinski definition) is 0. The van der Waals surface area contributed by atoms with Gasteiger partial charge in [-0.05, 0) is 25.3 Å². The minimum absolute atomic E-state index is 0.318. The van der Waals surface area contributed by atoms with Gasteiger partial charge in [-0.2, -0.15) is 0 Å². The molecule has 0 spiro atoms. The standard InChI is InChI=1S/C10H14O2/c1-3-4-5-6-7-8-9-12-10(2)11/h3,7,9H,1,4-6H2,2H3. The summed E-state index contributed by atoms with van der Waals surface area (Å²) in [7, 11) is 0. The quantitative estimate of drug-likeness (QED) is 0.206. The maximum Gasteiger partial charge on any atom is 0.308 e. The Hall–Kier alpha value is -1.27. The molecule has 0 aliphatic carbocycles. The third-order valence-corrected chi connectivity index (χ3v) is 1.17. The van der Waals surface area contributed by atoms with Crippen molar-refractivity contribution in [2.45, 2.75) is 26.2 Å². The van der Waals surface area contributed by atoms with Crippen molar-refractivity contribution >= 4 is 5.97 Å². The highest BCUT2D eigenvalue weighted by molar-refractivity contribution is 5.66. The maximum atomic E-state index is 10.3. The number of rotatable bonds is 5. The predicted molar refractivity (Wildman–Crippen MR) is 48.5 cm³/mol. The SMILES string of the molecule is C=CCCCC=C=COC(C)=O. The van der Waals surface area contributed by atoms with Crippen LogP contribution in [0.2, 0.25) is 0 Å². The molecule has 0 aromatic carbocycles. The van der Waals surface area contributed by atoms with Crippen molar-refractivity contribution in [1.29, 1.82) is 0 Å². The molecule has 0 aliphatic rings. The lowest BCUT2D eigenvalue weighted by Gasteiger charge is -1.86. The predicted octanol–water partition coefficient (Wildman–Crippen LogP) is 2.57. The van der Waals surface area contributed by atoms with Gasteiger partial charge in [0.1, 0.15) is 6.26 Å². The average molecular weight is 166 g/mol. The average Bonchev–Trinajstić information content (AvgIpc) is 2.02. The van der Waals surface area contributed by atoms with E-state index in [1.54, 1.807) is 0 Å². The fourth-order valence-corrected chi connectivity index (χ4v) is 0.613. The summed E-state index contributed by atoms with van der Waals surface area (Å²) in [6.45, 7) is 4.96. The Labute approximate surface area is 73.2 Å². The molecule has 0 radical (unpaired) electrons. The van der Waals surface area contributed by atoms with Crippen LogP contribution in [0.5, 0.6) is 0 Å². The van der Waals surface area contributed by atoms with Gasteiger partial charge in [-0.1, -0.05) is 11.8 Å². The lowest BCUT2D eigenvalue weighted by molar-refractivity contribution is -0.135. The van der Waals surface area contributed by atoms with Crippen molar-refractivity contribution in [3.63, 3.8) is 0 Å². The van der Waals surface area contributed by atoms with Gasteiger partial charge in [-0.3, -0.25) is 4.79 Å². The first kappa shape index (κ1) is 10.7. The summed E-state index contributed by atoms with van der Waals surface area (Å²) in [4.78, 5) is 10.3. The molecule has 0 rings (SSSR count). The minimum Gasteiger partial charge on any atom is -0.426 e. The third kappa shape index (κ3) is 8.73. The van der Waals surface area contributed by atoms with Crippen LogP contribution in [0, 0.1) is 0 Å². The maximum absolute atomic E-state index is 10.3. The summed E-state index contributed by atoms with van der Waals surface area (Å²) in [5.41, 5.74) is 2.75. The summed E-state index contributed by atoms with van der Waals surface area (Å²) in [6.07, 6.45) is 7.99. The molecule has 0 N–H and O–H groups in total. The Morgan fingerprint density at radius 1 is 1.58 bits per heavy atom. The van der Waals surface area contributed by atoms with Crippen LogP contribution in [0.15, 0.2) is 30.7 Å². The van der Waals surface area contributed by atoms with Crippen LogP contribution >= 0.6 is 0 Å². The molecule has 0 aliphatic heterocycles. The zero-order chi connectivity index (χ0) is 9.23. The van der Waals surface area contributed by atoms with Crippen LogP contribution in [0.3, 0.4) is 0 Å². The number of esters is 1. The smallest absolute Gasteiger partial charge is 0.308 e. The van der Waals surface area contributed by atoms with Crippen molar-refractivity contribution in [2.24, 2.45) is 0 Å². The van der Waals surface area contributed by atoms with Crippen LogP contribution in [0.1, 0.15) is 26.2 Å². The van der Waals surface area contributed by atoms with Gasteiger partial charge >= 0.3 is 5.97 Å². The molecule has 66 valence electrons. The van der Waals surface area contributed by atoms with E-state index in [9.17, 15) is 4.79 Å². The Morgan fingerprint density at radius 3 is 2.92 bits per heavy atom. The molecule has 0 aromatic heterocycles. The highest BCUT2D eigenvalue weighted by atomic mass is 16.5. The number of hydrogen-bond acceptors (Lipinski definition) is 2. The Bertz CT molecular complexity index is 198. The molecule has 12 heavy (non-hydrogen) atoms. The first-order valence-corrected chi connectivity index (χ1v) is 3.95. The van der Waals surface area contributed by atoms with Gasteiger partial charge < -0.3 is 4.74 Å². The summed E-state index contributed by atoms with van der Waals surface area (Å²) in [5.74, 6) is -0.318. The fraction of sp³-hybridized carbons (Fsp3) is 0.400. The number of allylic oxidation sites excluding steroid dienone is 2. The van der Waals surface area contributed by atoms with E-state index in [0.29, 0.717) is 0 Å². The second-order valence-electron chi connectivity index (χ2n) is 2.32. The van der Waals surface area contributed by atoms with Crippen molar-refractivity contribution in [3.05, 3.63) is 30.7 Å². The zero-order valence-corrected chi connectivity index (χ0v) is 7.38. The van der Waals surface area contributed by atoms with Crippen LogP contribution in [-0.4, -0.2) is 5.97 Å². The highest BCUT2D eigenvalue weighted by Gasteiger charge is 1.82. The lowest BCUT2D eigenvalue weighted by Crippen LogP contribution is -1.88. The Kier molecular flexibility index (Phi) is 7.00.